The third-order valence-electron chi connectivity index (χ3n) is 6.15. The van der Waals surface area contributed by atoms with Crippen molar-refractivity contribution in [1.29, 1.82) is 5.26 Å². The van der Waals surface area contributed by atoms with Crippen LogP contribution in [0.5, 0.6) is 0 Å². The fraction of sp³-hybridized carbons (Fsp3) is 0.320. The summed E-state index contributed by atoms with van der Waals surface area (Å²) >= 11 is 0. The zero-order valence-electron chi connectivity index (χ0n) is 17.5. The van der Waals surface area contributed by atoms with Crippen LogP contribution in [-0.4, -0.2) is 33.0 Å². The average Bonchev–Trinajstić information content (AvgIpc) is 3.22. The lowest BCUT2D eigenvalue weighted by atomic mass is 9.77. The molecule has 2 aromatic rings. The van der Waals surface area contributed by atoms with Crippen LogP contribution in [0.4, 0.5) is 11.4 Å². The Labute approximate surface area is 173 Å². The molecule has 1 unspecified atom stereocenters. The molecule has 1 fully saturated rings. The van der Waals surface area contributed by atoms with E-state index in [1.54, 1.807) is 0 Å². The van der Waals surface area contributed by atoms with Gasteiger partial charge in [-0.25, -0.2) is 0 Å². The molecular weight excluding hydrogens is 358 g/mol. The largest absolute Gasteiger partial charge is 0.378 e. The van der Waals surface area contributed by atoms with Crippen LogP contribution in [0.3, 0.4) is 0 Å². The highest BCUT2D eigenvalue weighted by Gasteiger charge is 2.59. The fourth-order valence-corrected chi connectivity index (χ4v) is 4.47. The second-order valence-corrected chi connectivity index (χ2v) is 8.37. The molecule has 0 radical (unpaired) electrons. The summed E-state index contributed by atoms with van der Waals surface area (Å²) in [6, 6.07) is 16.7. The Morgan fingerprint density at radius 2 is 1.86 bits per heavy atom. The molecule has 1 atom stereocenters. The van der Waals surface area contributed by atoms with E-state index in [2.05, 4.69) is 84.4 Å². The predicted octanol–water partition coefficient (Wildman–Crippen LogP) is 4.72. The maximum absolute atomic E-state index is 9.31. The molecule has 0 N–H and O–H groups in total. The lowest BCUT2D eigenvalue weighted by molar-refractivity contribution is -0.000294. The van der Waals surface area contributed by atoms with Crippen LogP contribution >= 0.6 is 0 Å². The number of hydrogen-bond acceptors (Lipinski definition) is 4. The Morgan fingerprint density at radius 1 is 1.10 bits per heavy atom. The third kappa shape index (κ3) is 3.03. The first-order valence-corrected chi connectivity index (χ1v) is 9.98. The van der Waals surface area contributed by atoms with E-state index in [4.69, 9.17) is 4.74 Å². The zero-order valence-corrected chi connectivity index (χ0v) is 17.5. The summed E-state index contributed by atoms with van der Waals surface area (Å²) in [6.45, 7) is 5.95. The van der Waals surface area contributed by atoms with Gasteiger partial charge in [-0.15, -0.1) is 0 Å². The quantitative estimate of drug-likeness (QED) is 0.714. The second-order valence-electron chi connectivity index (χ2n) is 8.37. The molecule has 0 amide bonds. The molecule has 2 aromatic carbocycles. The van der Waals surface area contributed by atoms with E-state index >= 15 is 0 Å². The minimum atomic E-state index is -0.525. The van der Waals surface area contributed by atoms with E-state index < -0.39 is 5.72 Å². The number of rotatable bonds is 4. The van der Waals surface area contributed by atoms with Crippen LogP contribution in [0.2, 0.25) is 0 Å². The van der Waals surface area contributed by atoms with Crippen molar-refractivity contribution < 1.29 is 4.74 Å². The van der Waals surface area contributed by atoms with Gasteiger partial charge in [0.2, 0.25) is 0 Å². The van der Waals surface area contributed by atoms with Crippen molar-refractivity contribution in [2.75, 3.05) is 37.0 Å². The molecule has 2 aliphatic rings. The predicted molar refractivity (Wildman–Crippen MR) is 119 cm³/mol. The smallest absolute Gasteiger partial charge is 0.170 e. The van der Waals surface area contributed by atoms with Crippen LogP contribution < -0.4 is 9.80 Å². The standard InChI is InChI=1S/C25H27N3O/c1-24(2)22-17-20(18-26)10-13-23(22)28-15-16-29-25(24,28)14-6-5-7-19-8-11-21(12-9-19)27(3)4/h5-14,17H,15-16H2,1-4H3/b7-5+,14-6+. The van der Waals surface area contributed by atoms with Crippen molar-refractivity contribution in [1.82, 2.24) is 0 Å². The molecule has 0 spiro atoms. The van der Waals surface area contributed by atoms with Gasteiger partial charge in [-0.3, -0.25) is 0 Å². The van der Waals surface area contributed by atoms with E-state index in [1.807, 2.05) is 26.2 Å². The van der Waals surface area contributed by atoms with Gasteiger partial charge in [0.15, 0.2) is 5.72 Å². The Morgan fingerprint density at radius 3 is 2.55 bits per heavy atom. The monoisotopic (exact) mass is 385 g/mol. The van der Waals surface area contributed by atoms with Crippen molar-refractivity contribution in [3.63, 3.8) is 0 Å². The minimum Gasteiger partial charge on any atom is -0.378 e. The van der Waals surface area contributed by atoms with Gasteiger partial charge in [0.25, 0.3) is 0 Å². The number of benzene rings is 2. The average molecular weight is 386 g/mol. The first kappa shape index (κ1) is 19.3. The highest BCUT2D eigenvalue weighted by atomic mass is 16.5. The number of fused-ring (bicyclic) bond motifs is 3. The summed E-state index contributed by atoms with van der Waals surface area (Å²) in [5, 5.41) is 9.31. The van der Waals surface area contributed by atoms with Crippen molar-refractivity contribution in [3.05, 3.63) is 77.4 Å². The molecule has 2 heterocycles. The minimum absolute atomic E-state index is 0.261. The van der Waals surface area contributed by atoms with Crippen molar-refractivity contribution >= 4 is 17.5 Å². The summed E-state index contributed by atoms with van der Waals surface area (Å²) in [6.07, 6.45) is 8.42. The fourth-order valence-electron chi connectivity index (χ4n) is 4.47. The van der Waals surface area contributed by atoms with Crippen LogP contribution in [0.1, 0.15) is 30.5 Å². The maximum atomic E-state index is 9.31. The lowest BCUT2D eigenvalue weighted by Gasteiger charge is -2.39. The van der Waals surface area contributed by atoms with Gasteiger partial charge in [-0.05, 0) is 47.5 Å². The first-order valence-electron chi connectivity index (χ1n) is 9.98. The molecule has 4 nitrogen and oxygen atoms in total. The molecule has 148 valence electrons. The van der Waals surface area contributed by atoms with Gasteiger partial charge in [-0.1, -0.05) is 44.2 Å². The Balaban J connectivity index is 1.61. The van der Waals surface area contributed by atoms with Crippen LogP contribution in [0, 0.1) is 11.3 Å². The number of anilines is 2. The van der Waals surface area contributed by atoms with Crippen molar-refractivity contribution in [2.45, 2.75) is 25.0 Å². The van der Waals surface area contributed by atoms with Gasteiger partial charge in [-0.2, -0.15) is 5.26 Å². The summed E-state index contributed by atoms with van der Waals surface area (Å²) in [5.41, 5.74) is 4.59. The summed E-state index contributed by atoms with van der Waals surface area (Å²) in [4.78, 5) is 4.43. The number of ether oxygens (including phenoxy) is 1. The molecule has 0 aliphatic carbocycles. The van der Waals surface area contributed by atoms with Gasteiger partial charge in [0, 0.05) is 37.4 Å². The maximum Gasteiger partial charge on any atom is 0.170 e. The number of nitriles is 1. The van der Waals surface area contributed by atoms with Gasteiger partial charge >= 0.3 is 0 Å². The summed E-state index contributed by atoms with van der Waals surface area (Å²) < 4.78 is 6.35. The molecule has 0 aromatic heterocycles. The molecule has 4 heteroatoms. The van der Waals surface area contributed by atoms with E-state index in [0.717, 1.165) is 12.1 Å². The van der Waals surface area contributed by atoms with Crippen LogP contribution in [0.25, 0.3) is 6.08 Å². The molecule has 2 aliphatic heterocycles. The van der Waals surface area contributed by atoms with Gasteiger partial charge in [0.05, 0.1) is 18.2 Å². The molecule has 1 saturated heterocycles. The number of hydrogen-bond donors (Lipinski definition) is 0. The second kappa shape index (κ2) is 7.09. The van der Waals surface area contributed by atoms with E-state index in [0.29, 0.717) is 12.2 Å². The molecule has 29 heavy (non-hydrogen) atoms. The Bertz CT molecular complexity index is 1010. The number of nitrogens with zero attached hydrogens (tertiary/aromatic N) is 3. The Hall–Kier alpha value is -3.03. The van der Waals surface area contributed by atoms with Crippen molar-refractivity contribution in [3.8, 4) is 6.07 Å². The van der Waals surface area contributed by atoms with E-state index in [-0.39, 0.29) is 5.41 Å². The Kier molecular flexibility index (Phi) is 4.72. The number of allylic oxidation sites excluding steroid dienone is 2. The zero-order chi connectivity index (χ0) is 20.6. The van der Waals surface area contributed by atoms with Gasteiger partial charge in [0.1, 0.15) is 0 Å². The SMILES string of the molecule is CN(C)c1ccc(/C=C/C=C/C23OCCN2c2ccc(C#N)cc2C3(C)C)cc1. The molecule has 0 bridgehead atoms. The molecule has 4 rings (SSSR count). The summed E-state index contributed by atoms with van der Waals surface area (Å²) in [5.74, 6) is 0. The highest BCUT2D eigenvalue weighted by molar-refractivity contribution is 5.69. The first-order chi connectivity index (χ1) is 13.9. The van der Waals surface area contributed by atoms with Crippen LogP contribution in [-0.2, 0) is 10.2 Å². The van der Waals surface area contributed by atoms with Crippen molar-refractivity contribution in [2.24, 2.45) is 0 Å². The van der Waals surface area contributed by atoms with Crippen LogP contribution in [0.15, 0.2) is 60.7 Å². The summed E-state index contributed by atoms with van der Waals surface area (Å²) in [7, 11) is 4.09. The normalized spacial score (nSPS) is 22.1. The van der Waals surface area contributed by atoms with E-state index in [1.165, 1.54) is 16.9 Å². The topological polar surface area (TPSA) is 39.5 Å². The lowest BCUT2D eigenvalue weighted by Crippen LogP contribution is -2.51. The highest BCUT2D eigenvalue weighted by Crippen LogP contribution is 2.55. The van der Waals surface area contributed by atoms with E-state index in [9.17, 15) is 5.26 Å². The molecular formula is C25H27N3O. The van der Waals surface area contributed by atoms with Gasteiger partial charge < -0.3 is 14.5 Å². The molecule has 0 saturated carbocycles. The third-order valence-corrected chi connectivity index (χ3v) is 6.15.